The van der Waals surface area contributed by atoms with Crippen molar-refractivity contribution in [2.24, 2.45) is 0 Å². The molecule has 1 aromatic heterocycles. The molecule has 3 aromatic rings. The zero-order valence-electron chi connectivity index (χ0n) is 18.6. The third-order valence-electron chi connectivity index (χ3n) is 5.14. The van der Waals surface area contributed by atoms with Crippen molar-refractivity contribution >= 4 is 27.1 Å². The number of amides is 1. The molecule has 1 heterocycles. The van der Waals surface area contributed by atoms with Crippen molar-refractivity contribution in [3.05, 3.63) is 82.0 Å². The van der Waals surface area contributed by atoms with Gasteiger partial charge in [-0.1, -0.05) is 44.2 Å². The highest BCUT2D eigenvalue weighted by atomic mass is 32.2. The Morgan fingerprint density at radius 2 is 1.66 bits per heavy atom. The minimum Gasteiger partial charge on any atom is -0.494 e. The van der Waals surface area contributed by atoms with Crippen molar-refractivity contribution < 1.29 is 17.9 Å². The van der Waals surface area contributed by atoms with Crippen LogP contribution in [-0.2, 0) is 14.6 Å². The van der Waals surface area contributed by atoms with Crippen LogP contribution in [0.1, 0.15) is 54.7 Å². The molecule has 0 saturated carbocycles. The number of rotatable bonds is 10. The van der Waals surface area contributed by atoms with Gasteiger partial charge in [0, 0.05) is 17.6 Å². The maximum atomic E-state index is 12.6. The summed E-state index contributed by atoms with van der Waals surface area (Å²) in [6, 6.07) is 18.6. The molecule has 0 saturated heterocycles. The van der Waals surface area contributed by atoms with Crippen LogP contribution in [0.2, 0.25) is 0 Å². The van der Waals surface area contributed by atoms with Crippen LogP contribution in [0.15, 0.2) is 70.9 Å². The zero-order valence-corrected chi connectivity index (χ0v) is 20.2. The van der Waals surface area contributed by atoms with E-state index in [0.717, 1.165) is 10.4 Å². The van der Waals surface area contributed by atoms with Gasteiger partial charge in [-0.3, -0.25) is 4.79 Å². The number of sulfone groups is 1. The van der Waals surface area contributed by atoms with Gasteiger partial charge in [0.15, 0.2) is 9.84 Å². The normalized spacial score (nSPS) is 12.5. The van der Waals surface area contributed by atoms with E-state index in [9.17, 15) is 13.2 Å². The van der Waals surface area contributed by atoms with E-state index in [1.54, 1.807) is 23.5 Å². The van der Waals surface area contributed by atoms with E-state index < -0.39 is 9.84 Å². The van der Waals surface area contributed by atoms with Crippen LogP contribution in [-0.4, -0.2) is 27.2 Å². The Morgan fingerprint density at radius 3 is 2.22 bits per heavy atom. The van der Waals surface area contributed by atoms with E-state index in [2.05, 4.69) is 43.4 Å². The molecule has 0 aliphatic heterocycles. The van der Waals surface area contributed by atoms with Gasteiger partial charge in [-0.15, -0.1) is 11.3 Å². The monoisotopic (exact) mass is 471 g/mol. The smallest absolute Gasteiger partial charge is 0.220 e. The maximum Gasteiger partial charge on any atom is 0.220 e. The second-order valence-electron chi connectivity index (χ2n) is 8.03. The number of hydrogen-bond donors (Lipinski definition) is 1. The minimum atomic E-state index is -3.22. The molecule has 7 heteroatoms. The number of ether oxygens (including phenoxy) is 1. The summed E-state index contributed by atoms with van der Waals surface area (Å²) >= 11 is 1.62. The van der Waals surface area contributed by atoms with Gasteiger partial charge in [0.1, 0.15) is 5.75 Å². The van der Waals surface area contributed by atoms with Crippen LogP contribution in [0, 0.1) is 0 Å². The third-order valence-corrected chi connectivity index (χ3v) is 7.20. The lowest BCUT2D eigenvalue weighted by Gasteiger charge is -2.19. The molecule has 1 unspecified atom stereocenters. The van der Waals surface area contributed by atoms with Crippen LogP contribution in [0.5, 0.6) is 5.75 Å². The van der Waals surface area contributed by atoms with E-state index in [1.807, 2.05) is 17.5 Å². The van der Waals surface area contributed by atoms with Gasteiger partial charge in [-0.25, -0.2) is 8.42 Å². The van der Waals surface area contributed by atoms with Gasteiger partial charge in [0.05, 0.1) is 17.5 Å². The molecule has 0 aliphatic carbocycles. The second-order valence-corrected chi connectivity index (χ2v) is 11.0. The van der Waals surface area contributed by atoms with Gasteiger partial charge in [-0.2, -0.15) is 0 Å². The van der Waals surface area contributed by atoms with E-state index in [0.29, 0.717) is 31.1 Å². The fourth-order valence-electron chi connectivity index (χ4n) is 3.29. The second kappa shape index (κ2) is 10.8. The van der Waals surface area contributed by atoms with Crippen molar-refractivity contribution in [1.29, 1.82) is 0 Å². The lowest BCUT2D eigenvalue weighted by Crippen LogP contribution is -2.29. The molecular formula is C25H29NO4S2. The summed E-state index contributed by atoms with van der Waals surface area (Å²) in [6.45, 7) is 4.70. The Hall–Kier alpha value is -2.64. The van der Waals surface area contributed by atoms with Crippen LogP contribution in [0.25, 0.3) is 0 Å². The van der Waals surface area contributed by atoms with Gasteiger partial charge in [0.2, 0.25) is 5.91 Å². The summed E-state index contributed by atoms with van der Waals surface area (Å²) < 4.78 is 28.7. The van der Waals surface area contributed by atoms with Crippen molar-refractivity contribution in [3.63, 3.8) is 0 Å². The topological polar surface area (TPSA) is 72.5 Å². The molecule has 0 spiro atoms. The Labute approximate surface area is 194 Å². The van der Waals surface area contributed by atoms with Gasteiger partial charge in [-0.05, 0) is 59.2 Å². The number of carbonyl (C=O) groups is 1. The van der Waals surface area contributed by atoms with Crippen LogP contribution >= 0.6 is 11.3 Å². The van der Waals surface area contributed by atoms with Crippen molar-refractivity contribution in [2.45, 2.75) is 43.5 Å². The molecule has 0 radical (unpaired) electrons. The van der Waals surface area contributed by atoms with Crippen molar-refractivity contribution in [3.8, 4) is 5.75 Å². The highest BCUT2D eigenvalue weighted by Gasteiger charge is 2.18. The highest BCUT2D eigenvalue weighted by Crippen LogP contribution is 2.27. The van der Waals surface area contributed by atoms with Crippen LogP contribution < -0.4 is 10.1 Å². The molecule has 0 aliphatic rings. The summed E-state index contributed by atoms with van der Waals surface area (Å²) in [5.41, 5.74) is 2.33. The predicted molar refractivity (Wildman–Crippen MR) is 129 cm³/mol. The Bertz CT molecular complexity index is 1100. The van der Waals surface area contributed by atoms with Gasteiger partial charge in [0.25, 0.3) is 0 Å². The molecule has 5 nitrogen and oxygen atoms in total. The number of carbonyl (C=O) groups excluding carboxylic acids is 1. The molecule has 170 valence electrons. The van der Waals surface area contributed by atoms with Crippen molar-refractivity contribution in [2.75, 3.05) is 12.9 Å². The Balaban J connectivity index is 1.54. The lowest BCUT2D eigenvalue weighted by molar-refractivity contribution is -0.121. The predicted octanol–water partition coefficient (Wildman–Crippen LogP) is 5.34. The molecule has 0 fully saturated rings. The summed E-state index contributed by atoms with van der Waals surface area (Å²) in [7, 11) is -3.22. The van der Waals surface area contributed by atoms with Crippen molar-refractivity contribution in [1.82, 2.24) is 5.32 Å². The average molecular weight is 472 g/mol. The molecular weight excluding hydrogens is 442 g/mol. The van der Waals surface area contributed by atoms with E-state index in [4.69, 9.17) is 4.74 Å². The fraction of sp³-hybridized carbons (Fsp3) is 0.320. The zero-order chi connectivity index (χ0) is 23.1. The number of thiophene rings is 1. The molecule has 32 heavy (non-hydrogen) atoms. The SMILES string of the molecule is CC(C)c1ccc(C(NC(=O)CCCOc2ccc(S(C)(=O)=O)cc2)c2cccs2)cc1. The molecule has 0 bridgehead atoms. The molecule has 3 rings (SSSR count). The minimum absolute atomic E-state index is 0.0349. The number of hydrogen-bond acceptors (Lipinski definition) is 5. The first-order valence-corrected chi connectivity index (χ1v) is 13.4. The highest BCUT2D eigenvalue weighted by molar-refractivity contribution is 7.90. The Kier molecular flexibility index (Phi) is 8.10. The van der Waals surface area contributed by atoms with E-state index in [1.165, 1.54) is 24.0 Å². The first-order chi connectivity index (χ1) is 15.2. The third kappa shape index (κ3) is 6.68. The average Bonchev–Trinajstić information content (AvgIpc) is 3.29. The largest absolute Gasteiger partial charge is 0.494 e. The summed E-state index contributed by atoms with van der Waals surface area (Å²) in [5.74, 6) is 1.01. The standard InChI is InChI=1S/C25H29NO4S2/c1-18(2)19-8-10-20(11-9-19)25(23-6-5-17-31-23)26-24(27)7-4-16-30-21-12-14-22(15-13-21)32(3,28)29/h5-6,8-15,17-18,25H,4,7,16H2,1-3H3,(H,26,27). The summed E-state index contributed by atoms with van der Waals surface area (Å²) in [6.07, 6.45) is 2.07. The maximum absolute atomic E-state index is 12.6. The van der Waals surface area contributed by atoms with Crippen LogP contribution in [0.4, 0.5) is 0 Å². The lowest BCUT2D eigenvalue weighted by atomic mass is 9.98. The summed E-state index contributed by atoms with van der Waals surface area (Å²) in [5, 5.41) is 5.17. The molecule has 2 aromatic carbocycles. The van der Waals surface area contributed by atoms with Crippen LogP contribution in [0.3, 0.4) is 0 Å². The van der Waals surface area contributed by atoms with Gasteiger partial charge < -0.3 is 10.1 Å². The van der Waals surface area contributed by atoms with Gasteiger partial charge >= 0.3 is 0 Å². The molecule has 1 atom stereocenters. The van der Waals surface area contributed by atoms with E-state index >= 15 is 0 Å². The fourth-order valence-corrected chi connectivity index (χ4v) is 4.72. The first-order valence-electron chi connectivity index (χ1n) is 10.6. The quantitative estimate of drug-likeness (QED) is 0.405. The number of benzene rings is 2. The number of nitrogens with one attached hydrogen (secondary N) is 1. The molecule has 1 N–H and O–H groups in total. The summed E-state index contributed by atoms with van der Waals surface area (Å²) in [4.78, 5) is 14.0. The van der Waals surface area contributed by atoms with E-state index in [-0.39, 0.29) is 16.8 Å². The Morgan fingerprint density at radius 1 is 1.00 bits per heavy atom. The first kappa shape index (κ1) is 24.0. The molecule has 1 amide bonds.